The molecule has 0 fully saturated rings. The Morgan fingerprint density at radius 3 is 2.28 bits per heavy atom. The van der Waals surface area contributed by atoms with E-state index in [0.717, 1.165) is 47.1 Å². The third kappa shape index (κ3) is 10.5. The van der Waals surface area contributed by atoms with E-state index in [9.17, 15) is 4.79 Å². The largest absolute Gasteiger partial charge is 0.494 e. The fourth-order valence-corrected chi connectivity index (χ4v) is 5.64. The number of hydrogen-bond acceptors (Lipinski definition) is 4. The molecule has 2 heterocycles. The summed E-state index contributed by atoms with van der Waals surface area (Å²) in [6, 6.07) is 16.4. The quantitative estimate of drug-likeness (QED) is 0.116. The Kier molecular flexibility index (Phi) is 13.6. The fourth-order valence-electron chi connectivity index (χ4n) is 5.64. The van der Waals surface area contributed by atoms with E-state index in [-0.39, 0.29) is 5.91 Å². The lowest BCUT2D eigenvalue weighted by Gasteiger charge is -2.23. The summed E-state index contributed by atoms with van der Waals surface area (Å²) in [6.07, 6.45) is 28.2. The number of aliphatic imine (C=N–C) groups is 1. The second-order valence-corrected chi connectivity index (χ2v) is 11.7. The van der Waals surface area contributed by atoms with Gasteiger partial charge in [0.2, 0.25) is 17.4 Å². The van der Waals surface area contributed by atoms with Crippen molar-refractivity contribution in [2.75, 3.05) is 11.5 Å². The van der Waals surface area contributed by atoms with Crippen LogP contribution in [0.25, 0.3) is 0 Å². The molecule has 2 aromatic rings. The standard InChI is InChI=1S/C38H50N3O2/c1-3-5-6-7-8-9-10-11-12-13-14-17-26-43-36-24-19-21-33(28-36)31-41(38(42)4-2)34-23-18-20-32(27-34)29-37-39-30-35-22-15-16-25-40(35)37/h15-16,18-25,27-28H,3-14,17,26,29,31H2,1-2H3/q+1. The molecule has 0 saturated heterocycles. The monoisotopic (exact) mass is 580 g/mol. The number of ether oxygens (including phenoxy) is 1. The average molecular weight is 581 g/mol. The van der Waals surface area contributed by atoms with Gasteiger partial charge < -0.3 is 9.64 Å². The second-order valence-electron chi connectivity index (χ2n) is 11.7. The fraction of sp³-hybridized carbons (Fsp3) is 0.474. The van der Waals surface area contributed by atoms with Gasteiger partial charge in [0.05, 0.1) is 25.6 Å². The molecule has 2 aliphatic heterocycles. The maximum absolute atomic E-state index is 13.1. The number of fused-ring (bicyclic) bond motifs is 1. The van der Waals surface area contributed by atoms with Crippen LogP contribution in [-0.4, -0.2) is 23.2 Å². The molecule has 2 aromatic carbocycles. The number of amides is 1. The summed E-state index contributed by atoms with van der Waals surface area (Å²) >= 11 is 0. The van der Waals surface area contributed by atoms with Crippen LogP contribution in [0.2, 0.25) is 0 Å². The van der Waals surface area contributed by atoms with E-state index < -0.39 is 0 Å². The van der Waals surface area contributed by atoms with Crippen LogP contribution in [0, 0.1) is 6.20 Å². The van der Waals surface area contributed by atoms with Gasteiger partial charge in [0.15, 0.2) is 6.20 Å². The van der Waals surface area contributed by atoms with E-state index in [1.807, 2.05) is 60.5 Å². The number of amidine groups is 1. The van der Waals surface area contributed by atoms with Crippen LogP contribution < -0.4 is 9.64 Å². The van der Waals surface area contributed by atoms with Crippen LogP contribution in [0.4, 0.5) is 5.69 Å². The van der Waals surface area contributed by atoms with E-state index in [1.165, 1.54) is 70.6 Å². The number of anilines is 1. The normalized spacial score (nSPS) is 13.4. The van der Waals surface area contributed by atoms with Crippen molar-refractivity contribution in [2.24, 2.45) is 4.99 Å². The van der Waals surface area contributed by atoms with Crippen molar-refractivity contribution in [1.29, 1.82) is 0 Å². The number of unbranched alkanes of at least 4 members (excludes halogenated alkanes) is 11. The Balaban J connectivity index is 1.22. The summed E-state index contributed by atoms with van der Waals surface area (Å²) in [7, 11) is 0. The van der Waals surface area contributed by atoms with Gasteiger partial charge in [-0.3, -0.25) is 4.79 Å². The van der Waals surface area contributed by atoms with Crippen LogP contribution in [-0.2, 0) is 17.8 Å². The molecule has 228 valence electrons. The Morgan fingerprint density at radius 2 is 1.53 bits per heavy atom. The van der Waals surface area contributed by atoms with Gasteiger partial charge in [-0.15, -0.1) is 0 Å². The number of benzene rings is 2. The lowest BCUT2D eigenvalue weighted by atomic mass is 10.1. The number of carbonyl (C=O) groups excluding carboxylic acids is 1. The van der Waals surface area contributed by atoms with Crippen LogP contribution in [0.1, 0.15) is 108 Å². The predicted molar refractivity (Wildman–Crippen MR) is 179 cm³/mol. The molecule has 0 spiro atoms. The molecule has 5 heteroatoms. The van der Waals surface area contributed by atoms with Crippen molar-refractivity contribution < 1.29 is 9.53 Å². The molecule has 0 N–H and O–H groups in total. The molecule has 4 rings (SSSR count). The molecule has 2 aliphatic rings. The summed E-state index contributed by atoms with van der Waals surface area (Å²) in [5, 5.41) is 0. The minimum atomic E-state index is 0.0968. The highest BCUT2D eigenvalue weighted by molar-refractivity contribution is 5.94. The first-order chi connectivity index (χ1) is 21.2. The summed E-state index contributed by atoms with van der Waals surface area (Å²) in [6.45, 7) is 5.44. The summed E-state index contributed by atoms with van der Waals surface area (Å²) in [4.78, 5) is 21.5. The zero-order valence-electron chi connectivity index (χ0n) is 26.4. The van der Waals surface area contributed by atoms with Crippen molar-refractivity contribution in [1.82, 2.24) is 4.90 Å². The molecule has 0 unspecified atom stereocenters. The van der Waals surface area contributed by atoms with Gasteiger partial charge in [-0.1, -0.05) is 114 Å². The molecule has 43 heavy (non-hydrogen) atoms. The minimum Gasteiger partial charge on any atom is -0.494 e. The third-order valence-corrected chi connectivity index (χ3v) is 8.13. The van der Waals surface area contributed by atoms with Gasteiger partial charge in [-0.05, 0) is 54.0 Å². The summed E-state index contributed by atoms with van der Waals surface area (Å²) in [5.74, 6) is 1.90. The number of carbonyl (C=O) groups is 1. The molecule has 0 atom stereocenters. The highest BCUT2D eigenvalue weighted by Gasteiger charge is 2.29. The number of nitrogens with zero attached hydrogens (tertiary/aromatic N) is 3. The maximum atomic E-state index is 13.1. The molecule has 0 radical (unpaired) electrons. The highest BCUT2D eigenvalue weighted by Crippen LogP contribution is 2.25. The minimum absolute atomic E-state index is 0.0968. The Bertz CT molecular complexity index is 1280. The zero-order valence-corrected chi connectivity index (χ0v) is 26.4. The zero-order chi connectivity index (χ0) is 30.1. The Hall–Kier alpha value is -3.69. The number of hydrogen-bond donors (Lipinski definition) is 0. The summed E-state index contributed by atoms with van der Waals surface area (Å²) in [5.41, 5.74) is 4.03. The third-order valence-electron chi connectivity index (χ3n) is 8.13. The van der Waals surface area contributed by atoms with E-state index in [2.05, 4.69) is 47.3 Å². The SMILES string of the molecule is CCCCCCCCCCCCCCOc1cccc(CN(C(=O)CC)c2cccc(CC3=N[C+]=C4C=CC=CN43)c2)c1. The molecule has 0 aromatic heterocycles. The molecule has 0 aliphatic carbocycles. The van der Waals surface area contributed by atoms with Crippen LogP contribution in [0.3, 0.4) is 0 Å². The van der Waals surface area contributed by atoms with Gasteiger partial charge in [-0.2, -0.15) is 0 Å². The first kappa shape index (κ1) is 32.2. The van der Waals surface area contributed by atoms with Crippen LogP contribution in [0.15, 0.2) is 83.6 Å². The van der Waals surface area contributed by atoms with E-state index in [0.29, 0.717) is 19.4 Å². The molecule has 1 amide bonds. The van der Waals surface area contributed by atoms with Crippen molar-refractivity contribution in [2.45, 2.75) is 110 Å². The maximum Gasteiger partial charge on any atom is 0.247 e. The van der Waals surface area contributed by atoms with E-state index in [4.69, 9.17) is 4.74 Å². The predicted octanol–water partition coefficient (Wildman–Crippen LogP) is 9.69. The summed E-state index contributed by atoms with van der Waals surface area (Å²) < 4.78 is 6.11. The number of allylic oxidation sites excluding steroid dienone is 3. The smallest absolute Gasteiger partial charge is 0.247 e. The van der Waals surface area contributed by atoms with Crippen molar-refractivity contribution in [3.8, 4) is 5.75 Å². The lowest BCUT2D eigenvalue weighted by Crippen LogP contribution is -2.30. The van der Waals surface area contributed by atoms with Gasteiger partial charge >= 0.3 is 0 Å². The molecular formula is C38H50N3O2+. The topological polar surface area (TPSA) is 45.1 Å². The first-order valence-corrected chi connectivity index (χ1v) is 16.6. The Morgan fingerprint density at radius 1 is 0.837 bits per heavy atom. The van der Waals surface area contributed by atoms with E-state index in [1.54, 1.807) is 0 Å². The molecule has 5 nitrogen and oxygen atoms in total. The Labute approximate surface area is 260 Å². The number of rotatable bonds is 20. The van der Waals surface area contributed by atoms with Crippen LogP contribution >= 0.6 is 0 Å². The lowest BCUT2D eigenvalue weighted by molar-refractivity contribution is -0.118. The average Bonchev–Trinajstić information content (AvgIpc) is 3.44. The van der Waals surface area contributed by atoms with Crippen molar-refractivity contribution >= 4 is 17.4 Å². The van der Waals surface area contributed by atoms with E-state index >= 15 is 0 Å². The first-order valence-electron chi connectivity index (χ1n) is 16.6. The van der Waals surface area contributed by atoms with Gasteiger partial charge in [0.1, 0.15) is 5.75 Å². The van der Waals surface area contributed by atoms with Crippen LogP contribution in [0.5, 0.6) is 5.75 Å². The van der Waals surface area contributed by atoms with Gasteiger partial charge in [0, 0.05) is 18.3 Å². The van der Waals surface area contributed by atoms with Crippen molar-refractivity contribution in [3.05, 3.63) is 96.0 Å². The molecular weight excluding hydrogens is 530 g/mol. The second kappa shape index (κ2) is 18.1. The van der Waals surface area contributed by atoms with Gasteiger partial charge in [-0.25, -0.2) is 4.90 Å². The molecule has 0 bridgehead atoms. The highest BCUT2D eigenvalue weighted by atomic mass is 16.5. The van der Waals surface area contributed by atoms with Crippen molar-refractivity contribution in [3.63, 3.8) is 0 Å². The molecule has 0 saturated carbocycles. The van der Waals surface area contributed by atoms with Gasteiger partial charge in [0.25, 0.3) is 0 Å².